The number of aliphatic hydroxyl groups is 1. The Hall–Kier alpha value is -2.51. The summed E-state index contributed by atoms with van der Waals surface area (Å²) in [5, 5.41) is 10.9. The summed E-state index contributed by atoms with van der Waals surface area (Å²) < 4.78 is 15.5. The number of likely N-dealkylation sites (N-methyl/N-ethyl adjacent to an activating group) is 1. The maximum absolute atomic E-state index is 14.7. The number of aliphatic hydroxyl groups excluding tert-OH is 1. The molecule has 1 heterocycles. The van der Waals surface area contributed by atoms with Gasteiger partial charge in [-0.1, -0.05) is 60.1 Å². The number of carbonyl (C=O) groups is 2. The van der Waals surface area contributed by atoms with Gasteiger partial charge < -0.3 is 14.9 Å². The van der Waals surface area contributed by atoms with Gasteiger partial charge in [0.15, 0.2) is 0 Å². The van der Waals surface area contributed by atoms with Crippen LogP contribution >= 0.6 is 15.9 Å². The molecule has 0 bridgehead atoms. The zero-order valence-corrected chi connectivity index (χ0v) is 18.5. The zero-order chi connectivity index (χ0) is 21.8. The van der Waals surface area contributed by atoms with Crippen LogP contribution < -0.4 is 0 Å². The average Bonchev–Trinajstić information content (AvgIpc) is 2.99. The zero-order valence-electron chi connectivity index (χ0n) is 16.9. The Kier molecular flexibility index (Phi) is 7.05. The summed E-state index contributed by atoms with van der Waals surface area (Å²) in [4.78, 5) is 29.3. The number of rotatable bonds is 7. The molecule has 1 fully saturated rings. The van der Waals surface area contributed by atoms with Gasteiger partial charge in [0.25, 0.3) is 11.7 Å². The van der Waals surface area contributed by atoms with Crippen molar-refractivity contribution in [2.75, 3.05) is 26.2 Å². The van der Waals surface area contributed by atoms with Crippen LogP contribution in [0.5, 0.6) is 0 Å². The van der Waals surface area contributed by atoms with Gasteiger partial charge in [-0.3, -0.25) is 9.59 Å². The monoisotopic (exact) mass is 474 g/mol. The number of nitrogens with zero attached hydrogens (tertiary/aromatic N) is 2. The molecule has 3 rings (SSSR count). The summed E-state index contributed by atoms with van der Waals surface area (Å²) in [6, 6.07) is 11.8. The number of carbonyl (C=O) groups excluding carboxylic acids is 2. The first-order chi connectivity index (χ1) is 14.4. The minimum Gasteiger partial charge on any atom is -0.507 e. The fourth-order valence-corrected chi connectivity index (χ4v) is 3.95. The van der Waals surface area contributed by atoms with Crippen molar-refractivity contribution in [1.29, 1.82) is 0 Å². The smallest absolute Gasteiger partial charge is 0.295 e. The lowest BCUT2D eigenvalue weighted by molar-refractivity contribution is -0.140. The van der Waals surface area contributed by atoms with Gasteiger partial charge in [0.1, 0.15) is 11.6 Å². The molecule has 0 aliphatic carbocycles. The highest BCUT2D eigenvalue weighted by atomic mass is 79.9. The fourth-order valence-electron chi connectivity index (χ4n) is 3.68. The first kappa shape index (κ1) is 22.2. The normalized spacial score (nSPS) is 18.4. The standard InChI is InChI=1S/C23H24BrFN2O3/c1-3-26(4-2)13-14-27-20(17-7-5-6-8-18(17)25)19(22(29)23(27)30)21(28)15-9-11-16(24)12-10-15/h5-12,20,28H,3-4,13-14H2,1-2H3/b21-19+/t20-/m0/s1. The molecule has 1 saturated heterocycles. The van der Waals surface area contributed by atoms with Crippen LogP contribution in [0.3, 0.4) is 0 Å². The lowest BCUT2D eigenvalue weighted by atomic mass is 9.95. The van der Waals surface area contributed by atoms with Crippen LogP contribution in [0.4, 0.5) is 4.39 Å². The summed E-state index contributed by atoms with van der Waals surface area (Å²) >= 11 is 3.33. The SMILES string of the molecule is CCN(CC)CCN1C(=O)C(=O)/C(=C(/O)c2ccc(Br)cc2)[C@@H]1c1ccccc1F. The van der Waals surface area contributed by atoms with Gasteiger partial charge in [0.2, 0.25) is 0 Å². The van der Waals surface area contributed by atoms with E-state index in [1.807, 2.05) is 13.8 Å². The molecule has 0 unspecified atom stereocenters. The second-order valence-electron chi connectivity index (χ2n) is 7.05. The Morgan fingerprint density at radius 2 is 1.73 bits per heavy atom. The number of benzene rings is 2. The van der Waals surface area contributed by atoms with Crippen molar-refractivity contribution in [3.05, 3.63) is 75.5 Å². The molecule has 1 N–H and O–H groups in total. The van der Waals surface area contributed by atoms with Gasteiger partial charge in [0.05, 0.1) is 11.6 Å². The third-order valence-corrected chi connectivity index (χ3v) is 5.94. The quantitative estimate of drug-likeness (QED) is 0.368. The highest BCUT2D eigenvalue weighted by molar-refractivity contribution is 9.10. The third-order valence-electron chi connectivity index (χ3n) is 5.41. The van der Waals surface area contributed by atoms with E-state index in [4.69, 9.17) is 0 Å². The molecule has 7 heteroatoms. The minimum atomic E-state index is -0.981. The van der Waals surface area contributed by atoms with E-state index in [0.29, 0.717) is 12.1 Å². The molecule has 1 aliphatic heterocycles. The molecule has 1 atom stereocenters. The topological polar surface area (TPSA) is 60.9 Å². The van der Waals surface area contributed by atoms with Gasteiger partial charge in [0, 0.05) is 28.7 Å². The molecule has 0 aromatic heterocycles. The molecule has 0 spiro atoms. The van der Waals surface area contributed by atoms with Crippen LogP contribution in [0.2, 0.25) is 0 Å². The van der Waals surface area contributed by atoms with Crippen LogP contribution in [0.15, 0.2) is 58.6 Å². The minimum absolute atomic E-state index is 0.0908. The van der Waals surface area contributed by atoms with E-state index < -0.39 is 23.5 Å². The van der Waals surface area contributed by atoms with Crippen LogP contribution in [0.25, 0.3) is 5.76 Å². The van der Waals surface area contributed by atoms with Crippen molar-refractivity contribution in [3.8, 4) is 0 Å². The molecule has 0 saturated carbocycles. The molecule has 5 nitrogen and oxygen atoms in total. The van der Waals surface area contributed by atoms with Crippen molar-refractivity contribution in [2.45, 2.75) is 19.9 Å². The Bertz CT molecular complexity index is 971. The summed E-state index contributed by atoms with van der Waals surface area (Å²) in [5.74, 6) is -2.37. The first-order valence-corrected chi connectivity index (χ1v) is 10.7. The van der Waals surface area contributed by atoms with Gasteiger partial charge in [-0.05, 0) is 31.3 Å². The largest absolute Gasteiger partial charge is 0.507 e. The van der Waals surface area contributed by atoms with E-state index in [2.05, 4.69) is 20.8 Å². The predicted molar refractivity (Wildman–Crippen MR) is 117 cm³/mol. The number of Topliss-reactive ketones (excluding diaryl/α,β-unsaturated/α-hetero) is 1. The van der Waals surface area contributed by atoms with Gasteiger partial charge in [-0.15, -0.1) is 0 Å². The molecule has 1 aliphatic rings. The van der Waals surface area contributed by atoms with Crippen molar-refractivity contribution < 1.29 is 19.1 Å². The molecule has 0 radical (unpaired) electrons. The van der Waals surface area contributed by atoms with Crippen molar-refractivity contribution in [3.63, 3.8) is 0 Å². The maximum Gasteiger partial charge on any atom is 0.295 e. The van der Waals surface area contributed by atoms with Gasteiger partial charge in [-0.2, -0.15) is 0 Å². The van der Waals surface area contributed by atoms with Gasteiger partial charge >= 0.3 is 0 Å². The van der Waals surface area contributed by atoms with Crippen molar-refractivity contribution in [1.82, 2.24) is 9.80 Å². The number of hydrogen-bond acceptors (Lipinski definition) is 4. The van der Waals surface area contributed by atoms with E-state index >= 15 is 0 Å². The fraction of sp³-hybridized carbons (Fsp3) is 0.304. The molecular weight excluding hydrogens is 451 g/mol. The summed E-state index contributed by atoms with van der Waals surface area (Å²) in [6.07, 6.45) is 0. The summed E-state index contributed by atoms with van der Waals surface area (Å²) in [6.45, 7) is 6.41. The van der Waals surface area contributed by atoms with E-state index in [-0.39, 0.29) is 23.4 Å². The lowest BCUT2D eigenvalue weighted by Crippen LogP contribution is -2.38. The van der Waals surface area contributed by atoms with E-state index in [1.54, 1.807) is 42.5 Å². The third kappa shape index (κ3) is 4.32. The van der Waals surface area contributed by atoms with Crippen molar-refractivity contribution >= 4 is 33.4 Å². The maximum atomic E-state index is 14.7. The number of ketones is 1. The highest BCUT2D eigenvalue weighted by Crippen LogP contribution is 2.40. The second-order valence-corrected chi connectivity index (χ2v) is 7.96. The van der Waals surface area contributed by atoms with E-state index in [1.165, 1.54) is 11.0 Å². The highest BCUT2D eigenvalue weighted by Gasteiger charge is 2.46. The van der Waals surface area contributed by atoms with Crippen LogP contribution in [0.1, 0.15) is 31.0 Å². The van der Waals surface area contributed by atoms with Crippen molar-refractivity contribution in [2.24, 2.45) is 0 Å². The first-order valence-electron chi connectivity index (χ1n) is 9.90. The van der Waals surface area contributed by atoms with E-state index in [0.717, 1.165) is 17.6 Å². The second kappa shape index (κ2) is 9.53. The molecular formula is C23H24BrFN2O3. The Morgan fingerprint density at radius 3 is 2.33 bits per heavy atom. The molecule has 2 aromatic rings. The van der Waals surface area contributed by atoms with Crippen LogP contribution in [0, 0.1) is 5.82 Å². The molecule has 30 heavy (non-hydrogen) atoms. The Labute approximate surface area is 183 Å². The molecule has 1 amide bonds. The Balaban J connectivity index is 2.11. The average molecular weight is 475 g/mol. The Morgan fingerprint density at radius 1 is 1.10 bits per heavy atom. The molecule has 158 valence electrons. The van der Waals surface area contributed by atoms with Crippen LogP contribution in [-0.2, 0) is 9.59 Å². The van der Waals surface area contributed by atoms with Crippen LogP contribution in [-0.4, -0.2) is 52.8 Å². The lowest BCUT2D eigenvalue weighted by Gasteiger charge is -2.28. The predicted octanol–water partition coefficient (Wildman–Crippen LogP) is 4.35. The van der Waals surface area contributed by atoms with E-state index in [9.17, 15) is 19.1 Å². The summed E-state index contributed by atoms with van der Waals surface area (Å²) in [5.41, 5.74) is 0.489. The van der Waals surface area contributed by atoms with Gasteiger partial charge in [-0.25, -0.2) is 4.39 Å². The summed E-state index contributed by atoms with van der Waals surface area (Å²) in [7, 11) is 0. The number of hydrogen-bond donors (Lipinski definition) is 1. The molecule has 2 aromatic carbocycles. The number of likely N-dealkylation sites (tertiary alicyclic amines) is 1. The number of amides is 1. The number of halogens is 2.